The Labute approximate surface area is 117 Å². The van der Waals surface area contributed by atoms with Crippen LogP contribution in [0.15, 0.2) is 24.3 Å². The summed E-state index contributed by atoms with van der Waals surface area (Å²) in [5.74, 6) is 0.835. The van der Waals surface area contributed by atoms with E-state index in [4.69, 9.17) is 4.74 Å². The maximum atomic E-state index is 5.77. The molecule has 19 heavy (non-hydrogen) atoms. The van der Waals surface area contributed by atoms with E-state index in [9.17, 15) is 0 Å². The maximum absolute atomic E-state index is 5.77. The van der Waals surface area contributed by atoms with Crippen molar-refractivity contribution in [1.82, 2.24) is 9.59 Å². The van der Waals surface area contributed by atoms with Gasteiger partial charge in [-0.1, -0.05) is 10.6 Å². The zero-order valence-corrected chi connectivity index (χ0v) is 12.2. The predicted octanol–water partition coefficient (Wildman–Crippen LogP) is 2.61. The molecule has 0 fully saturated rings. The van der Waals surface area contributed by atoms with Gasteiger partial charge in [-0.25, -0.2) is 0 Å². The van der Waals surface area contributed by atoms with Gasteiger partial charge in [0.05, 0.1) is 0 Å². The van der Waals surface area contributed by atoms with E-state index >= 15 is 0 Å². The molecule has 1 heterocycles. The lowest BCUT2D eigenvalue weighted by molar-refractivity contribution is 0.302. The number of hydrogen-bond acceptors (Lipinski definition) is 6. The van der Waals surface area contributed by atoms with Gasteiger partial charge in [0.2, 0.25) is 0 Å². The van der Waals surface area contributed by atoms with Crippen LogP contribution in [-0.2, 0) is 6.61 Å². The summed E-state index contributed by atoms with van der Waals surface area (Å²) in [5.41, 5.74) is 1.96. The molecule has 2 rings (SSSR count). The summed E-state index contributed by atoms with van der Waals surface area (Å²) < 4.78 is 9.71. The second kappa shape index (κ2) is 6.38. The van der Waals surface area contributed by atoms with Gasteiger partial charge in [0.15, 0.2) is 0 Å². The van der Waals surface area contributed by atoms with Crippen LogP contribution >= 0.6 is 11.5 Å². The number of anilines is 2. The van der Waals surface area contributed by atoms with Gasteiger partial charge in [-0.15, -0.1) is 5.10 Å². The molecule has 2 aromatic rings. The summed E-state index contributed by atoms with van der Waals surface area (Å²) in [6.07, 6.45) is 0. The van der Waals surface area contributed by atoms with Gasteiger partial charge in [-0.3, -0.25) is 0 Å². The summed E-state index contributed by atoms with van der Waals surface area (Å²) in [6.45, 7) is 3.33. The van der Waals surface area contributed by atoms with Crippen LogP contribution in [0.1, 0.15) is 12.6 Å². The van der Waals surface area contributed by atoms with Crippen molar-refractivity contribution in [3.63, 3.8) is 0 Å². The molecule has 0 saturated heterocycles. The van der Waals surface area contributed by atoms with Crippen molar-refractivity contribution in [2.45, 2.75) is 13.5 Å². The molecule has 0 saturated carbocycles. The molecule has 0 spiro atoms. The number of ether oxygens (including phenoxy) is 1. The first-order valence-corrected chi connectivity index (χ1v) is 6.93. The van der Waals surface area contributed by atoms with E-state index in [1.807, 2.05) is 50.2 Å². The molecule has 102 valence electrons. The van der Waals surface area contributed by atoms with Gasteiger partial charge in [0.1, 0.15) is 23.1 Å². The monoisotopic (exact) mass is 278 g/mol. The fraction of sp³-hybridized carbons (Fsp3) is 0.385. The van der Waals surface area contributed by atoms with Crippen LogP contribution in [0.5, 0.6) is 5.75 Å². The second-order valence-corrected chi connectivity index (χ2v) is 5.01. The van der Waals surface area contributed by atoms with Crippen LogP contribution < -0.4 is 15.0 Å². The molecule has 0 radical (unpaired) electrons. The maximum Gasteiger partial charge on any atom is 0.136 e. The molecular weight excluding hydrogens is 260 g/mol. The SMILES string of the molecule is CCNc1snnc1COc1cccc(N(C)C)c1. The fourth-order valence-electron chi connectivity index (χ4n) is 1.60. The van der Waals surface area contributed by atoms with Crippen LogP contribution in [0.25, 0.3) is 0 Å². The van der Waals surface area contributed by atoms with Crippen LogP contribution in [0.3, 0.4) is 0 Å². The van der Waals surface area contributed by atoms with E-state index in [1.54, 1.807) is 0 Å². The number of aromatic nitrogens is 2. The molecule has 5 nitrogen and oxygen atoms in total. The highest BCUT2D eigenvalue weighted by atomic mass is 32.1. The van der Waals surface area contributed by atoms with Gasteiger partial charge in [-0.2, -0.15) is 0 Å². The first kappa shape index (κ1) is 13.6. The van der Waals surface area contributed by atoms with Crippen LogP contribution in [0, 0.1) is 0 Å². The van der Waals surface area contributed by atoms with E-state index in [1.165, 1.54) is 11.5 Å². The Morgan fingerprint density at radius 1 is 1.37 bits per heavy atom. The molecule has 0 aliphatic rings. The quantitative estimate of drug-likeness (QED) is 0.880. The molecule has 1 N–H and O–H groups in total. The van der Waals surface area contributed by atoms with Gasteiger partial charge >= 0.3 is 0 Å². The Hall–Kier alpha value is -1.82. The highest BCUT2D eigenvalue weighted by Crippen LogP contribution is 2.22. The minimum Gasteiger partial charge on any atom is -0.487 e. The van der Waals surface area contributed by atoms with Crippen molar-refractivity contribution in [1.29, 1.82) is 0 Å². The lowest BCUT2D eigenvalue weighted by atomic mass is 10.3. The largest absolute Gasteiger partial charge is 0.487 e. The zero-order valence-electron chi connectivity index (χ0n) is 11.4. The molecular formula is C13H18N4OS. The topological polar surface area (TPSA) is 50.3 Å². The minimum absolute atomic E-state index is 0.426. The molecule has 0 amide bonds. The average molecular weight is 278 g/mol. The Balaban J connectivity index is 2.02. The normalized spacial score (nSPS) is 10.3. The lowest BCUT2D eigenvalue weighted by Gasteiger charge is -2.13. The first-order chi connectivity index (χ1) is 9.20. The van der Waals surface area contributed by atoms with Crippen molar-refractivity contribution in [2.75, 3.05) is 30.9 Å². The smallest absolute Gasteiger partial charge is 0.136 e. The highest BCUT2D eigenvalue weighted by Gasteiger charge is 2.08. The zero-order chi connectivity index (χ0) is 13.7. The van der Waals surface area contributed by atoms with Crippen molar-refractivity contribution < 1.29 is 4.74 Å². The number of nitrogens with zero attached hydrogens (tertiary/aromatic N) is 3. The molecule has 0 aliphatic carbocycles. The number of rotatable bonds is 6. The van der Waals surface area contributed by atoms with Crippen molar-refractivity contribution in [2.24, 2.45) is 0 Å². The molecule has 1 aromatic carbocycles. The summed E-state index contributed by atoms with van der Waals surface area (Å²) in [6, 6.07) is 7.98. The van der Waals surface area contributed by atoms with Gasteiger partial charge in [-0.05, 0) is 19.1 Å². The number of hydrogen-bond donors (Lipinski definition) is 1. The minimum atomic E-state index is 0.426. The summed E-state index contributed by atoms with van der Waals surface area (Å²) in [4.78, 5) is 2.04. The average Bonchev–Trinajstić information content (AvgIpc) is 2.85. The first-order valence-electron chi connectivity index (χ1n) is 6.16. The van der Waals surface area contributed by atoms with Gasteiger partial charge < -0.3 is 15.0 Å². The summed E-state index contributed by atoms with van der Waals surface area (Å²) in [5, 5.41) is 8.28. The van der Waals surface area contributed by atoms with E-state index < -0.39 is 0 Å². The Bertz CT molecular complexity index is 527. The third kappa shape index (κ3) is 3.57. The third-order valence-electron chi connectivity index (χ3n) is 2.60. The fourth-order valence-corrected chi connectivity index (χ4v) is 2.24. The van der Waals surface area contributed by atoms with Gasteiger partial charge in [0, 0.05) is 43.9 Å². The molecule has 0 unspecified atom stereocenters. The third-order valence-corrected chi connectivity index (χ3v) is 3.33. The Kier molecular flexibility index (Phi) is 4.57. The summed E-state index contributed by atoms with van der Waals surface area (Å²) >= 11 is 1.36. The van der Waals surface area contributed by atoms with Crippen LogP contribution in [-0.4, -0.2) is 30.2 Å². The van der Waals surface area contributed by atoms with E-state index in [0.717, 1.165) is 28.7 Å². The van der Waals surface area contributed by atoms with Crippen LogP contribution in [0.2, 0.25) is 0 Å². The van der Waals surface area contributed by atoms with Crippen LogP contribution in [0.4, 0.5) is 10.7 Å². The number of nitrogens with one attached hydrogen (secondary N) is 1. The molecule has 0 aliphatic heterocycles. The molecule has 6 heteroatoms. The van der Waals surface area contributed by atoms with Crippen molar-refractivity contribution in [3.8, 4) is 5.75 Å². The van der Waals surface area contributed by atoms with E-state index in [-0.39, 0.29) is 0 Å². The highest BCUT2D eigenvalue weighted by molar-refractivity contribution is 7.10. The van der Waals surface area contributed by atoms with Crippen molar-refractivity contribution in [3.05, 3.63) is 30.0 Å². The van der Waals surface area contributed by atoms with E-state index in [2.05, 4.69) is 14.9 Å². The Morgan fingerprint density at radius 2 is 2.21 bits per heavy atom. The molecule has 0 bridgehead atoms. The van der Waals surface area contributed by atoms with E-state index in [0.29, 0.717) is 6.61 Å². The van der Waals surface area contributed by atoms with Crippen molar-refractivity contribution >= 4 is 22.2 Å². The number of benzene rings is 1. The standard InChI is InChI=1S/C13H18N4OS/c1-4-14-13-12(15-16-19-13)9-18-11-7-5-6-10(8-11)17(2)3/h5-8,14H,4,9H2,1-3H3. The molecule has 1 aromatic heterocycles. The molecule has 0 atom stereocenters. The Morgan fingerprint density at radius 3 is 2.95 bits per heavy atom. The predicted molar refractivity (Wildman–Crippen MR) is 79.2 cm³/mol. The van der Waals surface area contributed by atoms with Gasteiger partial charge in [0.25, 0.3) is 0 Å². The lowest BCUT2D eigenvalue weighted by Crippen LogP contribution is -2.08. The summed E-state index contributed by atoms with van der Waals surface area (Å²) in [7, 11) is 4.01. The second-order valence-electron chi connectivity index (χ2n) is 4.26.